The van der Waals surface area contributed by atoms with Crippen LogP contribution < -0.4 is 63.9 Å². The van der Waals surface area contributed by atoms with Crippen LogP contribution in [0.15, 0.2) is 54.6 Å². The average molecular weight is 296 g/mol. The van der Waals surface area contributed by atoms with Crippen molar-refractivity contribution >= 4 is 0 Å². The topological polar surface area (TPSA) is 9.23 Å². The molecule has 1 nitrogen and oxygen atoms in total. The van der Waals surface area contributed by atoms with Crippen LogP contribution in [-0.2, 0) is 0 Å². The summed E-state index contributed by atoms with van der Waals surface area (Å²) < 4.78 is 5.98. The molecule has 0 heterocycles. The number of benzene rings is 2. The van der Waals surface area contributed by atoms with Crippen LogP contribution in [0.5, 0.6) is 5.75 Å². The Labute approximate surface area is 172 Å². The fraction of sp³-hybridized carbons (Fsp3) is 0.222. The van der Waals surface area contributed by atoms with Crippen molar-refractivity contribution in [1.82, 2.24) is 0 Å². The summed E-state index contributed by atoms with van der Waals surface area (Å²) in [4.78, 5) is 0. The maximum atomic E-state index is 5.98. The van der Waals surface area contributed by atoms with Gasteiger partial charge in [0.2, 0.25) is 0 Å². The summed E-state index contributed by atoms with van der Waals surface area (Å²) in [6.07, 6.45) is 8.11. The Balaban J connectivity index is 0.00000110. The molecule has 1 fully saturated rings. The van der Waals surface area contributed by atoms with Crippen LogP contribution in [0, 0.1) is 12.8 Å². The van der Waals surface area contributed by atoms with E-state index in [4.69, 9.17) is 4.74 Å². The van der Waals surface area contributed by atoms with Crippen molar-refractivity contribution in [2.75, 3.05) is 0 Å². The van der Waals surface area contributed by atoms with Gasteiger partial charge < -0.3 is 24.0 Å². The molecule has 0 N–H and O–H groups in total. The monoisotopic (exact) mass is 296 g/mol. The maximum Gasteiger partial charge on any atom is 1.00 e. The predicted octanol–water partition coefficient (Wildman–Crippen LogP) is -1.30. The minimum atomic E-state index is 0. The molecule has 1 aliphatic carbocycles. The average Bonchev–Trinajstić information content (AvgIpc) is 2.50. The number of hydrogen-bond donors (Lipinski definition) is 0. The molecular weight excluding hydrogens is 278 g/mol. The molecule has 98 valence electrons. The zero-order chi connectivity index (χ0) is 12.9. The van der Waals surface area contributed by atoms with E-state index < -0.39 is 0 Å². The van der Waals surface area contributed by atoms with Gasteiger partial charge in [-0.05, 0) is 23.3 Å². The van der Waals surface area contributed by atoms with Crippen molar-refractivity contribution in [1.29, 1.82) is 0 Å². The van der Waals surface area contributed by atoms with E-state index in [9.17, 15) is 0 Å². The number of hydrogen-bond acceptors (Lipinski definition) is 1. The standard InChI is InChI=1S/C18H18O.2Na/c1-3-7-15(8-4-1)16-11-13-18(14-12-16)19-17-9-5-2-6-10-17;;/h1,3-8,11-14,17H,2,9-10H2;;/q-2;2*+1. The second-order valence-electron chi connectivity index (χ2n) is 4.91. The van der Waals surface area contributed by atoms with Crippen LogP contribution in [0.1, 0.15) is 19.3 Å². The third kappa shape index (κ3) is 5.74. The molecule has 0 aliphatic heterocycles. The zero-order valence-corrected chi connectivity index (χ0v) is 17.0. The van der Waals surface area contributed by atoms with E-state index >= 15 is 0 Å². The van der Waals surface area contributed by atoms with Gasteiger partial charge in [-0.2, -0.15) is 0 Å². The predicted molar refractivity (Wildman–Crippen MR) is 78.7 cm³/mol. The van der Waals surface area contributed by atoms with E-state index in [-0.39, 0.29) is 59.1 Å². The van der Waals surface area contributed by atoms with Gasteiger partial charge in [-0.3, -0.25) is 0 Å². The van der Waals surface area contributed by atoms with Gasteiger partial charge in [0.25, 0.3) is 0 Å². The Hall–Kier alpha value is 0.240. The van der Waals surface area contributed by atoms with Crippen LogP contribution >= 0.6 is 0 Å². The third-order valence-corrected chi connectivity index (χ3v) is 3.46. The smallest absolute Gasteiger partial charge is 0.496 e. The second-order valence-corrected chi connectivity index (χ2v) is 4.91. The first-order chi connectivity index (χ1) is 9.42. The van der Waals surface area contributed by atoms with E-state index in [1.54, 1.807) is 0 Å². The zero-order valence-electron chi connectivity index (χ0n) is 13.0. The molecule has 0 unspecified atom stereocenters. The summed E-state index contributed by atoms with van der Waals surface area (Å²) in [6.45, 7) is 0. The van der Waals surface area contributed by atoms with E-state index in [1.165, 1.54) is 11.1 Å². The first-order valence-corrected chi connectivity index (χ1v) is 6.87. The number of ether oxygens (including phenoxy) is 1. The SMILES string of the molecule is [Na+].[Na+].c1ccc(-c2ccc(OC3C[CH-]C[CH-]C3)cc2)cc1. The summed E-state index contributed by atoms with van der Waals surface area (Å²) >= 11 is 0. The van der Waals surface area contributed by atoms with Crippen LogP contribution in [-0.4, -0.2) is 6.10 Å². The van der Waals surface area contributed by atoms with Crippen LogP contribution in [0.3, 0.4) is 0 Å². The molecule has 0 amide bonds. The van der Waals surface area contributed by atoms with Gasteiger partial charge in [-0.25, -0.2) is 0 Å². The first-order valence-electron chi connectivity index (χ1n) is 6.87. The fourth-order valence-electron chi connectivity index (χ4n) is 2.42. The molecule has 0 spiro atoms. The van der Waals surface area contributed by atoms with Crippen molar-refractivity contribution in [2.24, 2.45) is 0 Å². The van der Waals surface area contributed by atoms with E-state index in [0.29, 0.717) is 6.10 Å². The molecule has 2 aromatic rings. The summed E-state index contributed by atoms with van der Waals surface area (Å²) in [5.74, 6) is 0.966. The number of rotatable bonds is 3. The van der Waals surface area contributed by atoms with E-state index in [0.717, 1.165) is 25.0 Å². The summed E-state index contributed by atoms with van der Waals surface area (Å²) in [7, 11) is 0. The fourth-order valence-corrected chi connectivity index (χ4v) is 2.42. The van der Waals surface area contributed by atoms with Gasteiger partial charge >= 0.3 is 59.1 Å². The van der Waals surface area contributed by atoms with Crippen molar-refractivity contribution in [3.05, 3.63) is 67.4 Å². The maximum absolute atomic E-state index is 5.98. The van der Waals surface area contributed by atoms with E-state index in [2.05, 4.69) is 61.4 Å². The van der Waals surface area contributed by atoms with Gasteiger partial charge in [-0.15, -0.1) is 12.8 Å². The Morgan fingerprint density at radius 2 is 1.33 bits per heavy atom. The van der Waals surface area contributed by atoms with Crippen LogP contribution in [0.4, 0.5) is 0 Å². The van der Waals surface area contributed by atoms with E-state index in [1.807, 2.05) is 6.07 Å². The molecule has 0 saturated heterocycles. The molecule has 1 saturated carbocycles. The molecular formula is C18H18Na2O. The molecule has 3 rings (SSSR count). The third-order valence-electron chi connectivity index (χ3n) is 3.46. The molecule has 1 aliphatic rings. The molecule has 0 radical (unpaired) electrons. The quantitative estimate of drug-likeness (QED) is 0.505. The summed E-state index contributed by atoms with van der Waals surface area (Å²) in [5.41, 5.74) is 2.48. The molecule has 0 atom stereocenters. The van der Waals surface area contributed by atoms with Gasteiger partial charge in [0.05, 0.1) is 0 Å². The van der Waals surface area contributed by atoms with Gasteiger partial charge in [0, 0.05) is 6.10 Å². The first kappa shape index (κ1) is 19.3. The minimum Gasteiger partial charge on any atom is -0.496 e. The Bertz CT molecular complexity index is 505. The largest absolute Gasteiger partial charge is 1.00 e. The molecule has 3 heteroatoms. The van der Waals surface area contributed by atoms with Crippen LogP contribution in [0.25, 0.3) is 11.1 Å². The van der Waals surface area contributed by atoms with Gasteiger partial charge in [-0.1, -0.05) is 42.5 Å². The van der Waals surface area contributed by atoms with Crippen molar-refractivity contribution in [3.8, 4) is 16.9 Å². The second kappa shape index (κ2) is 10.1. The van der Waals surface area contributed by atoms with Crippen molar-refractivity contribution in [2.45, 2.75) is 25.4 Å². The van der Waals surface area contributed by atoms with Crippen molar-refractivity contribution < 1.29 is 63.9 Å². The summed E-state index contributed by atoms with van der Waals surface area (Å²) in [5, 5.41) is 0. The molecule has 0 bridgehead atoms. The summed E-state index contributed by atoms with van der Waals surface area (Å²) in [6, 6.07) is 18.8. The molecule has 2 aromatic carbocycles. The normalized spacial score (nSPS) is 14.7. The molecule has 0 aromatic heterocycles. The van der Waals surface area contributed by atoms with Gasteiger partial charge in [0.15, 0.2) is 0 Å². The Morgan fingerprint density at radius 3 is 1.95 bits per heavy atom. The Kier molecular flexibility index (Phi) is 9.27. The van der Waals surface area contributed by atoms with Crippen LogP contribution in [0.2, 0.25) is 0 Å². The van der Waals surface area contributed by atoms with Gasteiger partial charge in [0.1, 0.15) is 5.75 Å². The Morgan fingerprint density at radius 1 is 0.762 bits per heavy atom. The minimum absolute atomic E-state index is 0. The molecule has 21 heavy (non-hydrogen) atoms. The van der Waals surface area contributed by atoms with Crippen molar-refractivity contribution in [3.63, 3.8) is 0 Å².